The van der Waals surface area contributed by atoms with Crippen molar-refractivity contribution in [2.75, 3.05) is 7.11 Å². The topological polar surface area (TPSA) is 52.1 Å². The van der Waals surface area contributed by atoms with Crippen LogP contribution in [0.3, 0.4) is 0 Å². The van der Waals surface area contributed by atoms with Crippen molar-refractivity contribution >= 4 is 21.7 Å². The van der Waals surface area contributed by atoms with E-state index in [9.17, 15) is 4.79 Å². The van der Waals surface area contributed by atoms with Gasteiger partial charge in [0.1, 0.15) is 11.6 Å². The Hall–Kier alpha value is -1.75. The Bertz CT molecular complexity index is 558. The van der Waals surface area contributed by atoms with E-state index in [4.69, 9.17) is 4.74 Å². The van der Waals surface area contributed by atoms with Gasteiger partial charge in [-0.3, -0.25) is 4.79 Å². The molecule has 0 saturated heterocycles. The Morgan fingerprint density at radius 1 is 1.33 bits per heavy atom. The highest BCUT2D eigenvalue weighted by Gasteiger charge is 2.14. The zero-order valence-corrected chi connectivity index (χ0v) is 11.3. The number of carbonyl (C=O) groups excluding carboxylic acids is 1. The summed E-state index contributed by atoms with van der Waals surface area (Å²) in [7, 11) is 1.54. The highest BCUT2D eigenvalue weighted by Crippen LogP contribution is 2.24. The number of halogens is 1. The Kier molecular flexibility index (Phi) is 4.04. The van der Waals surface area contributed by atoms with Crippen LogP contribution in [0.4, 0.5) is 0 Å². The molecule has 1 aromatic carbocycles. The Balaban J connectivity index is 2.26. The molecule has 2 rings (SSSR count). The van der Waals surface area contributed by atoms with Crippen molar-refractivity contribution in [2.24, 2.45) is 0 Å². The highest BCUT2D eigenvalue weighted by atomic mass is 79.9. The average molecular weight is 307 g/mol. The third kappa shape index (κ3) is 2.92. The van der Waals surface area contributed by atoms with Crippen molar-refractivity contribution in [1.82, 2.24) is 9.97 Å². The molecule has 0 saturated carbocycles. The molecule has 0 aliphatic heterocycles. The number of ketones is 1. The lowest BCUT2D eigenvalue weighted by Crippen LogP contribution is -2.08. The number of ether oxygens (including phenoxy) is 1. The average Bonchev–Trinajstić information content (AvgIpc) is 2.40. The van der Waals surface area contributed by atoms with Crippen LogP contribution in [0, 0.1) is 0 Å². The predicted molar refractivity (Wildman–Crippen MR) is 70.8 cm³/mol. The van der Waals surface area contributed by atoms with Gasteiger partial charge in [-0.25, -0.2) is 9.97 Å². The van der Waals surface area contributed by atoms with Crippen molar-refractivity contribution in [3.63, 3.8) is 0 Å². The van der Waals surface area contributed by atoms with Gasteiger partial charge in [0.2, 0.25) is 0 Å². The number of rotatable bonds is 4. The van der Waals surface area contributed by atoms with E-state index in [1.165, 1.54) is 0 Å². The summed E-state index contributed by atoms with van der Waals surface area (Å²) < 4.78 is 6.01. The Morgan fingerprint density at radius 3 is 2.72 bits per heavy atom. The van der Waals surface area contributed by atoms with Gasteiger partial charge in [0.05, 0.1) is 19.1 Å². The van der Waals surface area contributed by atoms with Gasteiger partial charge in [0.15, 0.2) is 5.78 Å². The van der Waals surface area contributed by atoms with E-state index < -0.39 is 0 Å². The molecule has 0 aliphatic carbocycles. The van der Waals surface area contributed by atoms with Gasteiger partial charge in [-0.1, -0.05) is 15.9 Å². The van der Waals surface area contributed by atoms with Crippen LogP contribution in [0.2, 0.25) is 0 Å². The lowest BCUT2D eigenvalue weighted by atomic mass is 10.1. The van der Waals surface area contributed by atoms with Crippen molar-refractivity contribution in [3.8, 4) is 5.75 Å². The summed E-state index contributed by atoms with van der Waals surface area (Å²) in [6, 6.07) is 7.04. The van der Waals surface area contributed by atoms with E-state index in [0.717, 1.165) is 4.47 Å². The predicted octanol–water partition coefficient (Wildman–Crippen LogP) is 2.67. The van der Waals surface area contributed by atoms with Crippen LogP contribution < -0.4 is 4.74 Å². The summed E-state index contributed by atoms with van der Waals surface area (Å²) >= 11 is 3.34. The smallest absolute Gasteiger partial charge is 0.174 e. The Morgan fingerprint density at radius 2 is 2.06 bits per heavy atom. The van der Waals surface area contributed by atoms with E-state index in [1.54, 1.807) is 37.7 Å². The minimum Gasteiger partial charge on any atom is -0.496 e. The molecule has 0 spiro atoms. The van der Waals surface area contributed by atoms with Gasteiger partial charge in [-0.2, -0.15) is 0 Å². The summed E-state index contributed by atoms with van der Waals surface area (Å²) in [5, 5.41) is 0. The molecule has 1 heterocycles. The summed E-state index contributed by atoms with van der Waals surface area (Å²) in [4.78, 5) is 20.2. The second kappa shape index (κ2) is 5.73. The van der Waals surface area contributed by atoms with Crippen LogP contribution >= 0.6 is 15.9 Å². The van der Waals surface area contributed by atoms with Gasteiger partial charge in [0, 0.05) is 16.9 Å². The molecule has 0 amide bonds. The van der Waals surface area contributed by atoms with Gasteiger partial charge in [0.25, 0.3) is 0 Å². The molecule has 0 aliphatic rings. The second-order valence-corrected chi connectivity index (χ2v) is 4.53. The van der Waals surface area contributed by atoms with Gasteiger partial charge < -0.3 is 4.74 Å². The molecule has 1 aromatic heterocycles. The van der Waals surface area contributed by atoms with Crippen LogP contribution in [-0.2, 0) is 6.42 Å². The fourth-order valence-electron chi connectivity index (χ4n) is 1.56. The first-order chi connectivity index (χ1) is 8.70. The molecule has 92 valence electrons. The van der Waals surface area contributed by atoms with Crippen LogP contribution in [0.15, 0.2) is 41.1 Å². The quantitative estimate of drug-likeness (QED) is 0.815. The molecule has 0 fully saturated rings. The molecule has 5 heteroatoms. The normalized spacial score (nSPS) is 10.1. The van der Waals surface area contributed by atoms with Crippen LogP contribution in [0.5, 0.6) is 5.75 Å². The number of Topliss-reactive ketones (excluding diaryl/α,β-unsaturated/α-hetero) is 1. The molecule has 4 nitrogen and oxygen atoms in total. The monoisotopic (exact) mass is 306 g/mol. The van der Waals surface area contributed by atoms with Crippen molar-refractivity contribution in [2.45, 2.75) is 6.42 Å². The maximum atomic E-state index is 12.2. The number of aromatic nitrogens is 2. The van der Waals surface area contributed by atoms with Gasteiger partial charge >= 0.3 is 0 Å². The van der Waals surface area contributed by atoms with Crippen LogP contribution in [-0.4, -0.2) is 22.9 Å². The number of nitrogens with zero attached hydrogens (tertiary/aromatic N) is 2. The number of hydrogen-bond donors (Lipinski definition) is 0. The first-order valence-electron chi connectivity index (χ1n) is 5.33. The summed E-state index contributed by atoms with van der Waals surface area (Å²) in [5.41, 5.74) is 0.527. The number of carbonyl (C=O) groups is 1. The molecule has 0 radical (unpaired) electrons. The standard InChI is InChI=1S/C13H11BrN2O2/c1-18-12-4-3-9(14)7-10(12)11(17)8-13-15-5-2-6-16-13/h2-7H,8H2,1H3. The van der Waals surface area contributed by atoms with E-state index in [1.807, 2.05) is 6.07 Å². The maximum Gasteiger partial charge on any atom is 0.174 e. The number of methoxy groups -OCH3 is 1. The lowest BCUT2D eigenvalue weighted by Gasteiger charge is -2.07. The van der Waals surface area contributed by atoms with E-state index in [-0.39, 0.29) is 12.2 Å². The third-order valence-corrected chi connectivity index (χ3v) is 2.89. The highest BCUT2D eigenvalue weighted by molar-refractivity contribution is 9.10. The molecule has 2 aromatic rings. The Labute approximate surface area is 113 Å². The van der Waals surface area contributed by atoms with E-state index in [2.05, 4.69) is 25.9 Å². The molecule has 0 bridgehead atoms. The fraction of sp³-hybridized carbons (Fsp3) is 0.154. The fourth-order valence-corrected chi connectivity index (χ4v) is 1.92. The van der Waals surface area contributed by atoms with Crippen LogP contribution in [0.1, 0.15) is 16.2 Å². The third-order valence-electron chi connectivity index (χ3n) is 2.40. The first-order valence-corrected chi connectivity index (χ1v) is 6.12. The zero-order valence-electron chi connectivity index (χ0n) is 9.76. The lowest BCUT2D eigenvalue weighted by molar-refractivity contribution is 0.0988. The van der Waals surface area contributed by atoms with Crippen molar-refractivity contribution in [1.29, 1.82) is 0 Å². The van der Waals surface area contributed by atoms with E-state index in [0.29, 0.717) is 17.1 Å². The molecule has 18 heavy (non-hydrogen) atoms. The minimum absolute atomic E-state index is 0.0700. The summed E-state index contributed by atoms with van der Waals surface area (Å²) in [6.45, 7) is 0. The maximum absolute atomic E-state index is 12.2. The second-order valence-electron chi connectivity index (χ2n) is 3.61. The van der Waals surface area contributed by atoms with Crippen molar-refractivity contribution < 1.29 is 9.53 Å². The molecular weight excluding hydrogens is 296 g/mol. The number of hydrogen-bond acceptors (Lipinski definition) is 4. The molecule has 0 N–H and O–H groups in total. The number of benzene rings is 1. The SMILES string of the molecule is COc1ccc(Br)cc1C(=O)Cc1ncccn1. The molecule has 0 unspecified atom stereocenters. The molecular formula is C13H11BrN2O2. The first kappa shape index (κ1) is 12.7. The zero-order chi connectivity index (χ0) is 13.0. The molecule has 0 atom stereocenters. The minimum atomic E-state index is -0.0700. The summed E-state index contributed by atoms with van der Waals surface area (Å²) in [6.07, 6.45) is 3.40. The van der Waals surface area contributed by atoms with Crippen LogP contribution in [0.25, 0.3) is 0 Å². The largest absolute Gasteiger partial charge is 0.496 e. The summed E-state index contributed by atoms with van der Waals surface area (Å²) in [5.74, 6) is 0.989. The van der Waals surface area contributed by atoms with Crippen molar-refractivity contribution in [3.05, 3.63) is 52.5 Å². The van der Waals surface area contributed by atoms with E-state index >= 15 is 0 Å². The van der Waals surface area contributed by atoms with Gasteiger partial charge in [-0.05, 0) is 24.3 Å². The van der Waals surface area contributed by atoms with Gasteiger partial charge in [-0.15, -0.1) is 0 Å².